The Balaban J connectivity index is 0.824. The standard InChI is InChI=1S/C48H50O7/c49-41(35-27-37(31-17-13-14-18-31)45-39(28-35)43(47(51)54-45)33-21-7-5-8-22-33)25-11-3-1-2-4-12-26-42(50)53-36-29-38(32-19-15-16-20-32)46-40(30-36)44(48(52)55-46)34-23-9-6-10-24-34/h5-10,21-24,27-32,43-44H,1-4,11-20,25-26H2. The summed E-state index contributed by atoms with van der Waals surface area (Å²) >= 11 is 0. The summed E-state index contributed by atoms with van der Waals surface area (Å²) in [5.41, 5.74) is 6.07. The molecule has 0 spiro atoms. The molecule has 2 aliphatic carbocycles. The van der Waals surface area contributed by atoms with Gasteiger partial charge in [0.2, 0.25) is 0 Å². The van der Waals surface area contributed by atoms with E-state index in [1.54, 1.807) is 0 Å². The van der Waals surface area contributed by atoms with Crippen LogP contribution in [0.5, 0.6) is 17.2 Å². The van der Waals surface area contributed by atoms with Gasteiger partial charge in [-0.15, -0.1) is 0 Å². The number of esters is 3. The molecular formula is C48H50O7. The molecule has 0 bridgehead atoms. The summed E-state index contributed by atoms with van der Waals surface area (Å²) in [7, 11) is 0. The maximum atomic E-state index is 13.6. The number of fused-ring (bicyclic) bond motifs is 2. The van der Waals surface area contributed by atoms with Crippen molar-refractivity contribution in [2.24, 2.45) is 0 Å². The highest BCUT2D eigenvalue weighted by molar-refractivity contribution is 5.99. The molecule has 2 fully saturated rings. The summed E-state index contributed by atoms with van der Waals surface area (Å²) in [6.07, 6.45) is 14.9. The molecule has 0 amide bonds. The molecule has 2 atom stereocenters. The number of ether oxygens (including phenoxy) is 3. The summed E-state index contributed by atoms with van der Waals surface area (Å²) in [5.74, 6) is 0.693. The summed E-state index contributed by atoms with van der Waals surface area (Å²) in [5, 5.41) is 0. The Morgan fingerprint density at radius 2 is 0.982 bits per heavy atom. The van der Waals surface area contributed by atoms with Crippen LogP contribution < -0.4 is 14.2 Å². The minimum absolute atomic E-state index is 0.115. The van der Waals surface area contributed by atoms with Crippen molar-refractivity contribution in [3.8, 4) is 17.2 Å². The van der Waals surface area contributed by atoms with Gasteiger partial charge in [-0.25, -0.2) is 0 Å². The Morgan fingerprint density at radius 3 is 1.53 bits per heavy atom. The molecule has 2 heterocycles. The molecule has 0 aromatic heterocycles. The SMILES string of the molecule is O=C(CCCCCCCCC(=O)c1cc(C2CCCC2)c2c(c1)C(c1ccccc1)C(=O)O2)Oc1cc(C2CCCC2)c2c(c1)C(c1ccccc1)C(=O)O2. The van der Waals surface area contributed by atoms with Crippen molar-refractivity contribution in [1.29, 1.82) is 0 Å². The number of hydrogen-bond donors (Lipinski definition) is 0. The average molecular weight is 739 g/mol. The molecule has 2 aliphatic heterocycles. The van der Waals surface area contributed by atoms with E-state index in [0.29, 0.717) is 47.5 Å². The van der Waals surface area contributed by atoms with E-state index in [-0.39, 0.29) is 23.7 Å². The van der Waals surface area contributed by atoms with Crippen LogP contribution in [0.25, 0.3) is 0 Å². The third-order valence-corrected chi connectivity index (χ3v) is 12.2. The molecule has 4 aromatic rings. The lowest BCUT2D eigenvalue weighted by molar-refractivity contribution is -0.135. The van der Waals surface area contributed by atoms with E-state index in [2.05, 4.69) is 0 Å². The third kappa shape index (κ3) is 8.03. The van der Waals surface area contributed by atoms with Crippen molar-refractivity contribution in [2.45, 2.75) is 126 Å². The molecule has 0 N–H and O–H groups in total. The second kappa shape index (κ2) is 16.8. The highest BCUT2D eigenvalue weighted by Gasteiger charge is 2.40. The van der Waals surface area contributed by atoms with Gasteiger partial charge in [-0.1, -0.05) is 112 Å². The van der Waals surface area contributed by atoms with Gasteiger partial charge in [0.05, 0.1) is 0 Å². The molecule has 4 aromatic carbocycles. The molecule has 0 saturated heterocycles. The summed E-state index contributed by atoms with van der Waals surface area (Å²) in [4.78, 5) is 52.8. The first kappa shape index (κ1) is 36.9. The molecule has 284 valence electrons. The third-order valence-electron chi connectivity index (χ3n) is 12.2. The van der Waals surface area contributed by atoms with Gasteiger partial charge in [-0.3, -0.25) is 19.2 Å². The van der Waals surface area contributed by atoms with Crippen molar-refractivity contribution in [1.82, 2.24) is 0 Å². The highest BCUT2D eigenvalue weighted by atomic mass is 16.6. The largest absolute Gasteiger partial charge is 0.427 e. The molecule has 0 radical (unpaired) electrons. The Hall–Kier alpha value is -5.04. The molecule has 8 rings (SSSR count). The maximum absolute atomic E-state index is 13.6. The number of benzene rings is 4. The van der Waals surface area contributed by atoms with Crippen LogP contribution in [0.3, 0.4) is 0 Å². The van der Waals surface area contributed by atoms with E-state index in [1.165, 1.54) is 0 Å². The summed E-state index contributed by atoms with van der Waals surface area (Å²) in [6, 6.07) is 27.0. The number of Topliss-reactive ketones (excluding diaryl/α,β-unsaturated/α-hetero) is 1. The van der Waals surface area contributed by atoms with Crippen molar-refractivity contribution in [3.05, 3.63) is 124 Å². The number of ketones is 1. The molecule has 2 saturated carbocycles. The fraction of sp³-hybridized carbons (Fsp3) is 0.417. The lowest BCUT2D eigenvalue weighted by Gasteiger charge is -2.16. The Bertz CT molecular complexity index is 2040. The quantitative estimate of drug-likeness (QED) is 0.0518. The van der Waals surface area contributed by atoms with Gasteiger partial charge in [0, 0.05) is 35.1 Å². The molecule has 2 unspecified atom stereocenters. The van der Waals surface area contributed by atoms with Crippen molar-refractivity contribution in [3.63, 3.8) is 0 Å². The predicted molar refractivity (Wildman–Crippen MR) is 210 cm³/mol. The Labute approximate surface area is 323 Å². The lowest BCUT2D eigenvalue weighted by Crippen LogP contribution is -2.11. The van der Waals surface area contributed by atoms with Crippen molar-refractivity contribution in [2.75, 3.05) is 0 Å². The first-order valence-electron chi connectivity index (χ1n) is 20.6. The van der Waals surface area contributed by atoms with Gasteiger partial charge in [0.1, 0.15) is 29.1 Å². The predicted octanol–water partition coefficient (Wildman–Crippen LogP) is 11.0. The zero-order chi connectivity index (χ0) is 37.7. The molecule has 55 heavy (non-hydrogen) atoms. The van der Waals surface area contributed by atoms with Crippen LogP contribution in [-0.2, 0) is 14.4 Å². The molecule has 7 nitrogen and oxygen atoms in total. The molecular weight excluding hydrogens is 689 g/mol. The van der Waals surface area contributed by atoms with Crippen LogP contribution in [0, 0.1) is 0 Å². The maximum Gasteiger partial charge on any atom is 0.323 e. The Kier molecular flexibility index (Phi) is 11.3. The first-order chi connectivity index (χ1) is 26.9. The van der Waals surface area contributed by atoms with Crippen molar-refractivity contribution >= 4 is 23.7 Å². The Morgan fingerprint density at radius 1 is 0.545 bits per heavy atom. The van der Waals surface area contributed by atoms with Crippen LogP contribution in [0.15, 0.2) is 84.9 Å². The summed E-state index contributed by atoms with van der Waals surface area (Å²) in [6.45, 7) is 0. The van der Waals surface area contributed by atoms with Crippen LogP contribution >= 0.6 is 0 Å². The van der Waals surface area contributed by atoms with Gasteiger partial charge in [0.15, 0.2) is 5.78 Å². The van der Waals surface area contributed by atoms with E-state index < -0.39 is 11.8 Å². The van der Waals surface area contributed by atoms with Gasteiger partial charge in [-0.2, -0.15) is 0 Å². The van der Waals surface area contributed by atoms with Crippen LogP contribution in [-0.4, -0.2) is 23.7 Å². The van der Waals surface area contributed by atoms with E-state index in [9.17, 15) is 19.2 Å². The van der Waals surface area contributed by atoms with Crippen LogP contribution in [0.1, 0.15) is 170 Å². The van der Waals surface area contributed by atoms with Crippen molar-refractivity contribution < 1.29 is 33.4 Å². The molecule has 7 heteroatoms. The smallest absolute Gasteiger partial charge is 0.323 e. The second-order valence-corrected chi connectivity index (χ2v) is 15.9. The second-order valence-electron chi connectivity index (χ2n) is 15.9. The highest BCUT2D eigenvalue weighted by Crippen LogP contribution is 2.50. The number of hydrogen-bond acceptors (Lipinski definition) is 7. The fourth-order valence-electron chi connectivity index (χ4n) is 9.37. The van der Waals surface area contributed by atoms with Gasteiger partial charge in [-0.05, 0) is 91.3 Å². The normalized spacial score (nSPS) is 19.3. The van der Waals surface area contributed by atoms with Gasteiger partial charge in [0.25, 0.3) is 0 Å². The van der Waals surface area contributed by atoms with E-state index >= 15 is 0 Å². The average Bonchev–Trinajstić information content (AvgIpc) is 4.03. The monoisotopic (exact) mass is 738 g/mol. The minimum atomic E-state index is -0.527. The summed E-state index contributed by atoms with van der Waals surface area (Å²) < 4.78 is 17.7. The molecule has 4 aliphatic rings. The fourth-order valence-corrected chi connectivity index (χ4v) is 9.37. The zero-order valence-electron chi connectivity index (χ0n) is 31.6. The number of rotatable bonds is 15. The van der Waals surface area contributed by atoms with E-state index in [1.807, 2.05) is 84.9 Å². The topological polar surface area (TPSA) is 96.0 Å². The minimum Gasteiger partial charge on any atom is -0.427 e. The van der Waals surface area contributed by atoms with Gasteiger partial charge < -0.3 is 14.2 Å². The lowest BCUT2D eigenvalue weighted by atomic mass is 9.85. The van der Waals surface area contributed by atoms with E-state index in [4.69, 9.17) is 14.2 Å². The van der Waals surface area contributed by atoms with E-state index in [0.717, 1.165) is 123 Å². The van der Waals surface area contributed by atoms with Gasteiger partial charge >= 0.3 is 17.9 Å². The van der Waals surface area contributed by atoms with Crippen LogP contribution in [0.2, 0.25) is 0 Å². The first-order valence-corrected chi connectivity index (χ1v) is 20.6. The number of carbonyl (C=O) groups is 4. The number of carbonyl (C=O) groups excluding carboxylic acids is 4. The zero-order valence-corrected chi connectivity index (χ0v) is 31.6. The number of unbranched alkanes of at least 4 members (excludes halogenated alkanes) is 5. The van der Waals surface area contributed by atoms with Crippen LogP contribution in [0.4, 0.5) is 0 Å².